The van der Waals surface area contributed by atoms with Crippen molar-refractivity contribution in [2.75, 3.05) is 13.1 Å². The van der Waals surface area contributed by atoms with Gasteiger partial charge >= 0.3 is 6.09 Å². The van der Waals surface area contributed by atoms with Gasteiger partial charge in [0.05, 0.1) is 11.9 Å². The minimum absolute atomic E-state index is 0.0188. The van der Waals surface area contributed by atoms with Crippen molar-refractivity contribution in [3.8, 4) is 40.7 Å². The van der Waals surface area contributed by atoms with Crippen molar-refractivity contribution in [3.63, 3.8) is 0 Å². The number of benzene rings is 1. The van der Waals surface area contributed by atoms with E-state index in [1.54, 1.807) is 23.2 Å². The lowest BCUT2D eigenvalue weighted by Gasteiger charge is -2.31. The maximum atomic E-state index is 12.8. The van der Waals surface area contributed by atoms with Gasteiger partial charge in [-0.15, -0.1) is 0 Å². The first-order valence-corrected chi connectivity index (χ1v) is 13.9. The van der Waals surface area contributed by atoms with Crippen molar-refractivity contribution < 1.29 is 29.2 Å². The molecule has 1 aromatic carbocycles. The summed E-state index contributed by atoms with van der Waals surface area (Å²) in [4.78, 5) is 22.9. The van der Waals surface area contributed by atoms with E-state index in [9.17, 15) is 15.0 Å². The molecular formula is C31H32N4O6. The van der Waals surface area contributed by atoms with Crippen LogP contribution >= 0.6 is 0 Å². The Bertz CT molecular complexity index is 1480. The maximum Gasteiger partial charge on any atom is 0.416 e. The van der Waals surface area contributed by atoms with E-state index in [1.165, 1.54) is 10.8 Å². The molecule has 6 rings (SSSR count). The summed E-state index contributed by atoms with van der Waals surface area (Å²) in [5, 5.41) is 21.3. The number of hydrogen-bond donors (Lipinski definition) is 2. The third kappa shape index (κ3) is 5.77. The average Bonchev–Trinajstić information content (AvgIpc) is 3.25. The van der Waals surface area contributed by atoms with Crippen LogP contribution in [0.25, 0.3) is 5.69 Å². The van der Waals surface area contributed by atoms with Gasteiger partial charge < -0.3 is 29.3 Å². The fourth-order valence-corrected chi connectivity index (χ4v) is 5.30. The number of aromatic nitrogens is 3. The highest BCUT2D eigenvalue weighted by Gasteiger charge is 2.27. The molecule has 1 fully saturated rings. The predicted molar refractivity (Wildman–Crippen MR) is 150 cm³/mol. The zero-order valence-corrected chi connectivity index (χ0v) is 22.8. The molecule has 2 aliphatic rings. The molecule has 0 bridgehead atoms. The van der Waals surface area contributed by atoms with E-state index in [-0.39, 0.29) is 23.7 Å². The summed E-state index contributed by atoms with van der Waals surface area (Å²) < 4.78 is 18.8. The van der Waals surface area contributed by atoms with Crippen molar-refractivity contribution in [2.45, 2.75) is 51.6 Å². The van der Waals surface area contributed by atoms with E-state index in [0.29, 0.717) is 43.2 Å². The monoisotopic (exact) mass is 556 g/mol. The van der Waals surface area contributed by atoms with Crippen molar-refractivity contribution in [2.24, 2.45) is 0 Å². The number of likely N-dealkylation sites (tertiary alicyclic amines) is 1. The van der Waals surface area contributed by atoms with Gasteiger partial charge in [-0.05, 0) is 68.5 Å². The van der Waals surface area contributed by atoms with Crippen molar-refractivity contribution in [1.82, 2.24) is 19.4 Å². The van der Waals surface area contributed by atoms with Crippen LogP contribution in [-0.4, -0.2) is 54.9 Å². The molecule has 2 N–H and O–H groups in total. The SMILES string of the molecule is Cc1ccc(Oc2ccc(OC3CCN(C(=O)Oc4ccc(-n5c(O)c6c(c5O)CCCC6)cn4)CC3)cc2)nc1. The maximum absolute atomic E-state index is 12.8. The van der Waals surface area contributed by atoms with E-state index in [0.717, 1.165) is 48.1 Å². The Morgan fingerprint density at radius 1 is 0.829 bits per heavy atom. The molecule has 3 aromatic heterocycles. The number of pyridine rings is 2. The lowest BCUT2D eigenvalue weighted by Crippen LogP contribution is -2.43. The number of fused-ring (bicyclic) bond motifs is 1. The molecule has 212 valence electrons. The van der Waals surface area contributed by atoms with Gasteiger partial charge in [-0.25, -0.2) is 19.3 Å². The van der Waals surface area contributed by atoms with Gasteiger partial charge in [0, 0.05) is 55.4 Å². The topological polar surface area (TPSA) is 119 Å². The molecular weight excluding hydrogens is 524 g/mol. The van der Waals surface area contributed by atoms with Gasteiger partial charge in [0.2, 0.25) is 23.5 Å². The molecule has 1 aliphatic carbocycles. The molecule has 4 heterocycles. The smallest absolute Gasteiger partial charge is 0.416 e. The first-order chi connectivity index (χ1) is 19.9. The Kier molecular flexibility index (Phi) is 7.37. The second-order valence-corrected chi connectivity index (χ2v) is 10.4. The average molecular weight is 557 g/mol. The molecule has 41 heavy (non-hydrogen) atoms. The van der Waals surface area contributed by atoms with E-state index in [2.05, 4.69) is 9.97 Å². The summed E-state index contributed by atoms with van der Waals surface area (Å²) in [6.45, 7) is 2.97. The number of carbonyl (C=O) groups is 1. The number of aromatic hydroxyl groups is 2. The second-order valence-electron chi connectivity index (χ2n) is 10.4. The van der Waals surface area contributed by atoms with Crippen molar-refractivity contribution in [1.29, 1.82) is 0 Å². The number of piperidine rings is 1. The van der Waals surface area contributed by atoms with Gasteiger partial charge in [-0.2, -0.15) is 0 Å². The zero-order chi connectivity index (χ0) is 28.3. The third-order valence-corrected chi connectivity index (χ3v) is 7.54. The number of ether oxygens (including phenoxy) is 3. The van der Waals surface area contributed by atoms with Crippen LogP contribution in [0, 0.1) is 6.92 Å². The first kappa shape index (κ1) is 26.5. The van der Waals surface area contributed by atoms with Crippen molar-refractivity contribution >= 4 is 6.09 Å². The van der Waals surface area contributed by atoms with Gasteiger partial charge in [-0.3, -0.25) is 0 Å². The van der Waals surface area contributed by atoms with Crippen LogP contribution in [-0.2, 0) is 12.8 Å². The molecule has 10 nitrogen and oxygen atoms in total. The van der Waals surface area contributed by atoms with Crippen LogP contribution in [0.15, 0.2) is 60.9 Å². The summed E-state index contributed by atoms with van der Waals surface area (Å²) in [7, 11) is 0. The fourth-order valence-electron chi connectivity index (χ4n) is 5.30. The lowest BCUT2D eigenvalue weighted by atomic mass is 9.95. The molecule has 0 unspecified atom stereocenters. The van der Waals surface area contributed by atoms with Crippen LogP contribution in [0.2, 0.25) is 0 Å². The number of aryl methyl sites for hydroxylation is 1. The van der Waals surface area contributed by atoms with Crippen LogP contribution in [0.3, 0.4) is 0 Å². The highest BCUT2D eigenvalue weighted by molar-refractivity contribution is 5.70. The standard InChI is InChI=1S/C31H32N4O6/c1-20-6-12-27(32-18-20)40-23-10-8-22(9-11-23)39-24-14-16-34(17-15-24)31(38)41-28-13-7-21(19-33-28)35-29(36)25-4-2-3-5-26(25)30(35)37/h6-13,18-19,24,36-37H,2-5,14-17H2,1H3. The molecule has 0 spiro atoms. The Balaban J connectivity index is 0.993. The summed E-state index contributed by atoms with van der Waals surface area (Å²) in [6.07, 6.45) is 7.52. The lowest BCUT2D eigenvalue weighted by molar-refractivity contribution is 0.0923. The van der Waals surface area contributed by atoms with Gasteiger partial charge in [-0.1, -0.05) is 6.07 Å². The molecule has 1 amide bonds. The molecule has 10 heteroatoms. The van der Waals surface area contributed by atoms with Crippen LogP contribution in [0.1, 0.15) is 42.4 Å². The van der Waals surface area contributed by atoms with Gasteiger partial charge in [0.15, 0.2) is 0 Å². The Morgan fingerprint density at radius 3 is 2.07 bits per heavy atom. The molecule has 0 radical (unpaired) electrons. The molecule has 1 aliphatic heterocycles. The van der Waals surface area contributed by atoms with Crippen LogP contribution in [0.5, 0.6) is 35.0 Å². The fraction of sp³-hybridized carbons (Fsp3) is 0.323. The number of nitrogens with zero attached hydrogens (tertiary/aromatic N) is 4. The Morgan fingerprint density at radius 2 is 1.46 bits per heavy atom. The van der Waals surface area contributed by atoms with Crippen molar-refractivity contribution in [3.05, 3.63) is 77.6 Å². The number of rotatable bonds is 6. The normalized spacial score (nSPS) is 15.3. The largest absolute Gasteiger partial charge is 0.494 e. The van der Waals surface area contributed by atoms with Crippen LogP contribution in [0.4, 0.5) is 4.79 Å². The number of hydrogen-bond acceptors (Lipinski definition) is 8. The third-order valence-electron chi connectivity index (χ3n) is 7.54. The summed E-state index contributed by atoms with van der Waals surface area (Å²) in [5.41, 5.74) is 3.15. The Hall–Kier alpha value is -4.73. The second kappa shape index (κ2) is 11.4. The quantitative estimate of drug-likeness (QED) is 0.310. The minimum atomic E-state index is -0.475. The first-order valence-electron chi connectivity index (χ1n) is 13.9. The molecule has 4 aromatic rings. The minimum Gasteiger partial charge on any atom is -0.494 e. The Labute approximate surface area is 237 Å². The number of carbonyl (C=O) groups excluding carboxylic acids is 1. The summed E-state index contributed by atoms with van der Waals surface area (Å²) in [5.74, 6) is 2.17. The zero-order valence-electron chi connectivity index (χ0n) is 22.8. The van der Waals surface area contributed by atoms with Gasteiger partial charge in [0.25, 0.3) is 0 Å². The number of amides is 1. The molecule has 0 saturated carbocycles. The van der Waals surface area contributed by atoms with Crippen LogP contribution < -0.4 is 14.2 Å². The summed E-state index contributed by atoms with van der Waals surface area (Å²) in [6, 6.07) is 14.4. The van der Waals surface area contributed by atoms with Gasteiger partial charge in [0.1, 0.15) is 17.6 Å². The van der Waals surface area contributed by atoms with E-state index < -0.39 is 6.09 Å². The highest BCUT2D eigenvalue weighted by atomic mass is 16.6. The molecule has 1 saturated heterocycles. The van der Waals surface area contributed by atoms with E-state index >= 15 is 0 Å². The summed E-state index contributed by atoms with van der Waals surface area (Å²) >= 11 is 0. The van der Waals surface area contributed by atoms with E-state index in [1.807, 2.05) is 43.3 Å². The van der Waals surface area contributed by atoms with E-state index in [4.69, 9.17) is 14.2 Å². The predicted octanol–water partition coefficient (Wildman–Crippen LogP) is 5.70. The molecule has 0 atom stereocenters. The highest BCUT2D eigenvalue weighted by Crippen LogP contribution is 2.40.